The smallest absolute Gasteiger partial charge is 0.230 e. The number of pyridine rings is 1. The lowest BCUT2D eigenvalue weighted by molar-refractivity contribution is -0.119. The van der Waals surface area contributed by atoms with Crippen molar-refractivity contribution in [2.24, 2.45) is 0 Å². The fourth-order valence-corrected chi connectivity index (χ4v) is 3.82. The number of hydrogen-bond donors (Lipinski definition) is 1. The van der Waals surface area contributed by atoms with Crippen LogP contribution in [-0.2, 0) is 11.2 Å². The number of rotatable bonds is 7. The first kappa shape index (κ1) is 18.0. The Morgan fingerprint density at radius 2 is 2.04 bits per heavy atom. The third-order valence-electron chi connectivity index (χ3n) is 4.42. The molecule has 1 fully saturated rings. The summed E-state index contributed by atoms with van der Waals surface area (Å²) in [5.41, 5.74) is 1.38. The van der Waals surface area contributed by atoms with E-state index in [0.717, 1.165) is 43.9 Å². The second kappa shape index (κ2) is 9.59. The summed E-state index contributed by atoms with van der Waals surface area (Å²) in [5.74, 6) is 0.530. The number of hydrogen-bond acceptors (Lipinski definition) is 4. The Morgan fingerprint density at radius 3 is 2.84 bits per heavy atom. The average Bonchev–Trinajstić information content (AvgIpc) is 2.67. The maximum Gasteiger partial charge on any atom is 0.230 e. The largest absolute Gasteiger partial charge is 0.351 e. The quantitative estimate of drug-likeness (QED) is 0.776. The van der Waals surface area contributed by atoms with Crippen molar-refractivity contribution in [1.82, 2.24) is 15.2 Å². The van der Waals surface area contributed by atoms with Crippen LogP contribution in [0.15, 0.2) is 59.8 Å². The number of carbonyl (C=O) groups excluding carboxylic acids is 1. The average molecular weight is 356 g/mol. The third kappa shape index (κ3) is 6.18. The lowest BCUT2D eigenvalue weighted by Crippen LogP contribution is -2.48. The minimum atomic E-state index is 0.102. The van der Waals surface area contributed by atoms with E-state index in [2.05, 4.69) is 45.5 Å². The number of thioether (sulfide) groups is 1. The summed E-state index contributed by atoms with van der Waals surface area (Å²) in [4.78, 5) is 18.9. The third-order valence-corrected chi connectivity index (χ3v) is 5.36. The zero-order valence-corrected chi connectivity index (χ0v) is 15.3. The normalized spacial score (nSPS) is 18.0. The molecule has 5 heteroatoms. The number of likely N-dealkylation sites (tertiary alicyclic amines) is 1. The van der Waals surface area contributed by atoms with Crippen LogP contribution in [0.3, 0.4) is 0 Å². The molecule has 4 nitrogen and oxygen atoms in total. The van der Waals surface area contributed by atoms with Crippen molar-refractivity contribution in [3.05, 3.63) is 60.3 Å². The molecule has 3 rings (SSSR count). The summed E-state index contributed by atoms with van der Waals surface area (Å²) in [5, 5.41) is 4.08. The van der Waals surface area contributed by atoms with Crippen molar-refractivity contribution in [2.45, 2.75) is 30.3 Å². The molecule has 25 heavy (non-hydrogen) atoms. The van der Waals surface area contributed by atoms with Crippen molar-refractivity contribution in [3.63, 3.8) is 0 Å². The molecule has 1 aliphatic rings. The molecule has 132 valence electrons. The van der Waals surface area contributed by atoms with E-state index in [4.69, 9.17) is 0 Å². The van der Waals surface area contributed by atoms with E-state index < -0.39 is 0 Å². The first-order valence-corrected chi connectivity index (χ1v) is 9.87. The highest BCUT2D eigenvalue weighted by Gasteiger charge is 2.21. The maximum absolute atomic E-state index is 12.2. The van der Waals surface area contributed by atoms with Gasteiger partial charge in [0.05, 0.1) is 10.8 Å². The summed E-state index contributed by atoms with van der Waals surface area (Å²) in [6.07, 6.45) is 5.04. The molecule has 0 saturated carbocycles. The summed E-state index contributed by atoms with van der Waals surface area (Å²) in [7, 11) is 0. The standard InChI is InChI=1S/C20H25N3OS/c24-19(16-25-20-10-4-5-12-21-20)22-18-9-6-13-23(15-18)14-11-17-7-2-1-3-8-17/h1-5,7-8,10,12,18H,6,9,11,13-16H2,(H,22,24). The summed E-state index contributed by atoms with van der Waals surface area (Å²) in [6, 6.07) is 16.6. The number of aromatic nitrogens is 1. The molecule has 0 aliphatic carbocycles. The number of nitrogens with zero attached hydrogens (tertiary/aromatic N) is 2. The zero-order valence-electron chi connectivity index (χ0n) is 14.4. The fraction of sp³-hybridized carbons (Fsp3) is 0.400. The number of carbonyl (C=O) groups is 1. The molecule has 1 saturated heterocycles. The minimum absolute atomic E-state index is 0.102. The van der Waals surface area contributed by atoms with Gasteiger partial charge >= 0.3 is 0 Å². The number of benzene rings is 1. The molecule has 1 aromatic heterocycles. The van der Waals surface area contributed by atoms with Crippen molar-refractivity contribution >= 4 is 17.7 Å². The van der Waals surface area contributed by atoms with Gasteiger partial charge in [0, 0.05) is 25.3 Å². The molecular weight excluding hydrogens is 330 g/mol. The molecule has 1 N–H and O–H groups in total. The number of nitrogens with one attached hydrogen (secondary N) is 1. The highest BCUT2D eigenvalue weighted by molar-refractivity contribution is 7.99. The topological polar surface area (TPSA) is 45.2 Å². The van der Waals surface area contributed by atoms with Crippen LogP contribution in [0.25, 0.3) is 0 Å². The van der Waals surface area contributed by atoms with Crippen molar-refractivity contribution in [3.8, 4) is 0 Å². The van der Waals surface area contributed by atoms with Crippen LogP contribution in [0.2, 0.25) is 0 Å². The van der Waals surface area contributed by atoms with Gasteiger partial charge in [-0.3, -0.25) is 4.79 Å². The highest BCUT2D eigenvalue weighted by atomic mass is 32.2. The highest BCUT2D eigenvalue weighted by Crippen LogP contribution is 2.15. The second-order valence-electron chi connectivity index (χ2n) is 6.40. The molecule has 1 aliphatic heterocycles. The summed E-state index contributed by atoms with van der Waals surface area (Å²) < 4.78 is 0. The van der Waals surface area contributed by atoms with Crippen LogP contribution in [0.1, 0.15) is 18.4 Å². The first-order chi connectivity index (χ1) is 12.3. The first-order valence-electron chi connectivity index (χ1n) is 8.89. The van der Waals surface area contributed by atoms with Gasteiger partial charge in [0.25, 0.3) is 0 Å². The molecule has 1 aromatic carbocycles. The van der Waals surface area contributed by atoms with Gasteiger partial charge in [0.15, 0.2) is 0 Å². The van der Waals surface area contributed by atoms with E-state index in [9.17, 15) is 4.79 Å². The SMILES string of the molecule is O=C(CSc1ccccn1)NC1CCCN(CCc2ccccc2)C1. The predicted molar refractivity (Wildman–Crippen MR) is 103 cm³/mol. The zero-order chi connectivity index (χ0) is 17.3. The van der Waals surface area contributed by atoms with Crippen LogP contribution in [0.5, 0.6) is 0 Å². The van der Waals surface area contributed by atoms with E-state index in [-0.39, 0.29) is 11.9 Å². The van der Waals surface area contributed by atoms with Gasteiger partial charge in [-0.1, -0.05) is 48.2 Å². The van der Waals surface area contributed by atoms with E-state index in [1.54, 1.807) is 6.20 Å². The van der Waals surface area contributed by atoms with Crippen LogP contribution >= 0.6 is 11.8 Å². The molecular formula is C20H25N3OS. The van der Waals surface area contributed by atoms with E-state index in [1.807, 2.05) is 18.2 Å². The molecule has 0 spiro atoms. The van der Waals surface area contributed by atoms with E-state index >= 15 is 0 Å². The Bertz CT molecular complexity index is 651. The number of piperidine rings is 1. The molecule has 0 radical (unpaired) electrons. The van der Waals surface area contributed by atoms with Crippen molar-refractivity contribution in [2.75, 3.05) is 25.4 Å². The van der Waals surface area contributed by atoms with Crippen LogP contribution in [0, 0.1) is 0 Å². The van der Waals surface area contributed by atoms with Crippen LogP contribution in [-0.4, -0.2) is 47.2 Å². The Kier molecular flexibility index (Phi) is 6.89. The van der Waals surface area contributed by atoms with Crippen molar-refractivity contribution in [1.29, 1.82) is 0 Å². The molecule has 1 atom stereocenters. The Hall–Kier alpha value is -1.85. The molecule has 1 amide bonds. The minimum Gasteiger partial charge on any atom is -0.351 e. The Balaban J connectivity index is 1.39. The van der Waals surface area contributed by atoms with Gasteiger partial charge < -0.3 is 10.2 Å². The summed E-state index contributed by atoms with van der Waals surface area (Å²) in [6.45, 7) is 3.13. The van der Waals surface area contributed by atoms with Gasteiger partial charge in [-0.2, -0.15) is 0 Å². The lowest BCUT2D eigenvalue weighted by atomic mass is 10.0. The van der Waals surface area contributed by atoms with Crippen LogP contribution < -0.4 is 5.32 Å². The van der Waals surface area contributed by atoms with Crippen LogP contribution in [0.4, 0.5) is 0 Å². The molecule has 2 heterocycles. The molecule has 0 bridgehead atoms. The van der Waals surface area contributed by atoms with Gasteiger partial charge in [0.1, 0.15) is 0 Å². The van der Waals surface area contributed by atoms with Gasteiger partial charge in [-0.15, -0.1) is 0 Å². The summed E-state index contributed by atoms with van der Waals surface area (Å²) >= 11 is 1.49. The number of amides is 1. The van der Waals surface area contributed by atoms with Gasteiger partial charge in [-0.05, 0) is 43.5 Å². The van der Waals surface area contributed by atoms with Gasteiger partial charge in [0.2, 0.25) is 5.91 Å². The predicted octanol–water partition coefficient (Wildman–Crippen LogP) is 3.00. The van der Waals surface area contributed by atoms with E-state index in [1.165, 1.54) is 17.3 Å². The van der Waals surface area contributed by atoms with Crippen molar-refractivity contribution < 1.29 is 4.79 Å². The maximum atomic E-state index is 12.2. The fourth-order valence-electron chi connectivity index (χ4n) is 3.15. The monoisotopic (exact) mass is 355 g/mol. The Morgan fingerprint density at radius 1 is 1.20 bits per heavy atom. The molecule has 2 aromatic rings. The Labute approximate surface area is 154 Å². The van der Waals surface area contributed by atoms with E-state index in [0.29, 0.717) is 5.75 Å². The lowest BCUT2D eigenvalue weighted by Gasteiger charge is -2.33. The second-order valence-corrected chi connectivity index (χ2v) is 7.40. The van der Waals surface area contributed by atoms with Gasteiger partial charge in [-0.25, -0.2) is 4.98 Å². The molecule has 1 unspecified atom stereocenters.